The van der Waals surface area contributed by atoms with Crippen LogP contribution in [0.1, 0.15) is 0 Å². The van der Waals surface area contributed by atoms with Crippen molar-refractivity contribution in [3.63, 3.8) is 0 Å². The lowest BCUT2D eigenvalue weighted by molar-refractivity contribution is 0.246. The van der Waals surface area contributed by atoms with E-state index in [1.165, 1.54) is 0 Å². The lowest BCUT2D eigenvalue weighted by Crippen LogP contribution is -2.32. The predicted molar refractivity (Wildman–Crippen MR) is 103 cm³/mol. The minimum atomic E-state index is -0.858. The predicted octanol–water partition coefficient (Wildman–Crippen LogP) is 3.63. The van der Waals surface area contributed by atoms with Gasteiger partial charge in [-0.15, -0.1) is 10.2 Å². The van der Waals surface area contributed by atoms with Crippen molar-refractivity contribution in [2.45, 2.75) is 0 Å². The largest absolute Gasteiger partial charge is 0.497 e. The molecule has 2 N–H and O–H groups in total. The van der Waals surface area contributed by atoms with Gasteiger partial charge in [-0.25, -0.2) is 13.6 Å². The Kier molecular flexibility index (Phi) is 6.51. The number of urea groups is 1. The minimum Gasteiger partial charge on any atom is -0.497 e. The van der Waals surface area contributed by atoms with Crippen LogP contribution in [0.2, 0.25) is 0 Å². The Morgan fingerprint density at radius 3 is 2.48 bits per heavy atom. The fourth-order valence-corrected chi connectivity index (χ4v) is 2.39. The molecule has 1 heterocycles. The van der Waals surface area contributed by atoms with Crippen LogP contribution in [-0.4, -0.2) is 36.5 Å². The Morgan fingerprint density at radius 1 is 1.03 bits per heavy atom. The third-order valence-corrected chi connectivity index (χ3v) is 3.84. The second-order valence-corrected chi connectivity index (χ2v) is 5.84. The molecule has 0 radical (unpaired) electrons. The fraction of sp³-hybridized carbons (Fsp3) is 0.150. The van der Waals surface area contributed by atoms with Crippen molar-refractivity contribution < 1.29 is 23.0 Å². The lowest BCUT2D eigenvalue weighted by atomic mass is 10.1. The molecule has 0 aliphatic rings. The van der Waals surface area contributed by atoms with Gasteiger partial charge in [0.05, 0.1) is 25.0 Å². The molecule has 3 aromatic rings. The summed E-state index contributed by atoms with van der Waals surface area (Å²) in [6.07, 6.45) is 0. The first kappa shape index (κ1) is 20.0. The van der Waals surface area contributed by atoms with Crippen molar-refractivity contribution in [2.75, 3.05) is 25.6 Å². The molecule has 9 heteroatoms. The van der Waals surface area contributed by atoms with Crippen LogP contribution in [-0.2, 0) is 0 Å². The highest BCUT2D eigenvalue weighted by atomic mass is 19.1. The summed E-state index contributed by atoms with van der Waals surface area (Å²) < 4.78 is 36.9. The summed E-state index contributed by atoms with van der Waals surface area (Å²) in [4.78, 5) is 11.7. The maximum Gasteiger partial charge on any atom is 0.319 e. The van der Waals surface area contributed by atoms with Crippen molar-refractivity contribution >= 4 is 11.7 Å². The van der Waals surface area contributed by atoms with Gasteiger partial charge in [-0.05, 0) is 42.5 Å². The number of benzene rings is 2. The highest BCUT2D eigenvalue weighted by Gasteiger charge is 2.08. The zero-order chi connectivity index (χ0) is 20.6. The second-order valence-electron chi connectivity index (χ2n) is 5.84. The van der Waals surface area contributed by atoms with Gasteiger partial charge in [-0.3, -0.25) is 0 Å². The van der Waals surface area contributed by atoms with Crippen LogP contribution in [0.4, 0.5) is 19.3 Å². The zero-order valence-corrected chi connectivity index (χ0v) is 15.5. The van der Waals surface area contributed by atoms with E-state index < -0.39 is 17.7 Å². The van der Waals surface area contributed by atoms with Crippen molar-refractivity contribution in [3.8, 4) is 22.9 Å². The third-order valence-electron chi connectivity index (χ3n) is 3.84. The molecule has 0 unspecified atom stereocenters. The molecule has 0 saturated carbocycles. The standard InChI is InChI=1S/C20H18F2N4O3/c1-28-15-5-2-13(3-6-15)17-8-9-19(26-25-17)29-11-10-23-20(27)24-18-7-4-14(21)12-16(18)22/h2-9,12H,10-11H2,1H3,(H2,23,24,27). The number of rotatable bonds is 7. The number of aromatic nitrogens is 2. The van der Waals surface area contributed by atoms with Crippen LogP contribution in [0, 0.1) is 11.6 Å². The number of halogens is 2. The van der Waals surface area contributed by atoms with E-state index in [4.69, 9.17) is 9.47 Å². The molecule has 0 aliphatic heterocycles. The Hall–Kier alpha value is -3.75. The Labute approximate surface area is 165 Å². The molecule has 29 heavy (non-hydrogen) atoms. The van der Waals surface area contributed by atoms with Gasteiger partial charge in [0, 0.05) is 17.7 Å². The van der Waals surface area contributed by atoms with Crippen molar-refractivity contribution in [1.29, 1.82) is 0 Å². The molecule has 3 rings (SSSR count). The molecule has 2 amide bonds. The summed E-state index contributed by atoms with van der Waals surface area (Å²) in [6, 6.07) is 13.1. The molecule has 1 aromatic heterocycles. The van der Waals surface area contributed by atoms with Gasteiger partial charge < -0.3 is 20.1 Å². The van der Waals surface area contributed by atoms with Crippen LogP contribution in [0.5, 0.6) is 11.6 Å². The van der Waals surface area contributed by atoms with Crippen LogP contribution in [0.25, 0.3) is 11.3 Å². The summed E-state index contributed by atoms with van der Waals surface area (Å²) in [7, 11) is 1.60. The van der Waals surface area contributed by atoms with Crippen LogP contribution < -0.4 is 20.1 Å². The maximum atomic E-state index is 13.5. The summed E-state index contributed by atoms with van der Waals surface area (Å²) in [5.41, 5.74) is 1.44. The van der Waals surface area contributed by atoms with E-state index in [0.29, 0.717) is 17.6 Å². The molecule has 0 bridgehead atoms. The molecular weight excluding hydrogens is 382 g/mol. The first-order chi connectivity index (χ1) is 14.0. The molecule has 0 saturated heterocycles. The zero-order valence-electron chi connectivity index (χ0n) is 15.5. The number of anilines is 1. The minimum absolute atomic E-state index is 0.121. The molecule has 0 spiro atoms. The Bertz CT molecular complexity index is 966. The normalized spacial score (nSPS) is 10.3. The second kappa shape index (κ2) is 9.45. The highest BCUT2D eigenvalue weighted by molar-refractivity contribution is 5.89. The van der Waals surface area contributed by atoms with E-state index in [0.717, 1.165) is 23.4 Å². The van der Waals surface area contributed by atoms with Crippen LogP contribution in [0.3, 0.4) is 0 Å². The third kappa shape index (κ3) is 5.61. The van der Waals surface area contributed by atoms with Gasteiger partial charge in [0.25, 0.3) is 0 Å². The summed E-state index contributed by atoms with van der Waals surface area (Å²) in [5, 5.41) is 12.9. The number of carbonyl (C=O) groups is 1. The quantitative estimate of drug-likeness (QED) is 0.592. The topological polar surface area (TPSA) is 85.4 Å². The van der Waals surface area contributed by atoms with Gasteiger partial charge in [0.1, 0.15) is 24.0 Å². The van der Waals surface area contributed by atoms with E-state index in [9.17, 15) is 13.6 Å². The summed E-state index contributed by atoms with van der Waals surface area (Å²) >= 11 is 0. The summed E-state index contributed by atoms with van der Waals surface area (Å²) in [6.45, 7) is 0.284. The van der Waals surface area contributed by atoms with Crippen molar-refractivity contribution in [2.24, 2.45) is 0 Å². The van der Waals surface area contributed by atoms with E-state index in [1.807, 2.05) is 24.3 Å². The smallest absolute Gasteiger partial charge is 0.319 e. The highest BCUT2D eigenvalue weighted by Crippen LogP contribution is 2.21. The number of amides is 2. The van der Waals surface area contributed by atoms with Gasteiger partial charge in [0.15, 0.2) is 0 Å². The van der Waals surface area contributed by atoms with E-state index in [2.05, 4.69) is 20.8 Å². The fourth-order valence-electron chi connectivity index (χ4n) is 2.39. The number of hydrogen-bond donors (Lipinski definition) is 2. The molecule has 0 aliphatic carbocycles. The molecular formula is C20H18F2N4O3. The number of ether oxygens (including phenoxy) is 2. The summed E-state index contributed by atoms with van der Waals surface area (Å²) in [5.74, 6) is -0.529. The Balaban J connectivity index is 1.43. The monoisotopic (exact) mass is 400 g/mol. The number of carbonyl (C=O) groups excluding carboxylic acids is 1. The van der Waals surface area contributed by atoms with Crippen molar-refractivity contribution in [3.05, 3.63) is 66.2 Å². The van der Waals surface area contributed by atoms with E-state index in [1.54, 1.807) is 19.2 Å². The Morgan fingerprint density at radius 2 is 1.83 bits per heavy atom. The first-order valence-electron chi connectivity index (χ1n) is 8.66. The molecule has 7 nitrogen and oxygen atoms in total. The van der Waals surface area contributed by atoms with Crippen molar-refractivity contribution in [1.82, 2.24) is 15.5 Å². The number of nitrogens with one attached hydrogen (secondary N) is 2. The van der Waals surface area contributed by atoms with Gasteiger partial charge in [-0.1, -0.05) is 0 Å². The van der Waals surface area contributed by atoms with Crippen LogP contribution >= 0.6 is 0 Å². The lowest BCUT2D eigenvalue weighted by Gasteiger charge is -2.09. The van der Waals surface area contributed by atoms with Gasteiger partial charge in [0.2, 0.25) is 5.88 Å². The van der Waals surface area contributed by atoms with Crippen LogP contribution in [0.15, 0.2) is 54.6 Å². The molecule has 150 valence electrons. The van der Waals surface area contributed by atoms with Gasteiger partial charge in [-0.2, -0.15) is 0 Å². The molecule has 0 fully saturated rings. The average molecular weight is 400 g/mol. The van der Waals surface area contributed by atoms with Gasteiger partial charge >= 0.3 is 6.03 Å². The first-order valence-corrected chi connectivity index (χ1v) is 8.66. The molecule has 2 aromatic carbocycles. The maximum absolute atomic E-state index is 13.5. The molecule has 0 atom stereocenters. The number of hydrogen-bond acceptors (Lipinski definition) is 5. The average Bonchev–Trinajstić information content (AvgIpc) is 2.74. The number of nitrogens with zero attached hydrogens (tertiary/aromatic N) is 2. The van der Waals surface area contributed by atoms with E-state index in [-0.39, 0.29) is 18.8 Å². The SMILES string of the molecule is COc1ccc(-c2ccc(OCCNC(=O)Nc3ccc(F)cc3F)nn2)cc1. The van der Waals surface area contributed by atoms with E-state index >= 15 is 0 Å². The number of methoxy groups -OCH3 is 1.